The van der Waals surface area contributed by atoms with Crippen LogP contribution in [0.25, 0.3) is 0 Å². The Morgan fingerprint density at radius 2 is 2.33 bits per heavy atom. The molecule has 6 heteroatoms. The van der Waals surface area contributed by atoms with Crippen molar-refractivity contribution in [3.05, 3.63) is 0 Å². The van der Waals surface area contributed by atoms with Gasteiger partial charge in [-0.25, -0.2) is 4.79 Å². The van der Waals surface area contributed by atoms with E-state index in [0.717, 1.165) is 0 Å². The second-order valence-electron chi connectivity index (χ2n) is 3.88. The first-order chi connectivity index (χ1) is 6.97. The Labute approximate surface area is 87.7 Å². The highest BCUT2D eigenvalue weighted by molar-refractivity contribution is 5.85. The summed E-state index contributed by atoms with van der Waals surface area (Å²) in [5, 5.41) is 18.2. The fourth-order valence-corrected chi connectivity index (χ4v) is 1.84. The monoisotopic (exact) mass is 216 g/mol. The smallest absolute Gasteiger partial charge is 0.329 e. The van der Waals surface area contributed by atoms with Gasteiger partial charge >= 0.3 is 5.97 Å². The molecule has 0 aromatic carbocycles. The van der Waals surface area contributed by atoms with Crippen LogP contribution in [0, 0.1) is 5.92 Å². The van der Waals surface area contributed by atoms with E-state index in [2.05, 4.69) is 0 Å². The van der Waals surface area contributed by atoms with Crippen LogP contribution in [0.5, 0.6) is 0 Å². The molecule has 0 bridgehead atoms. The van der Waals surface area contributed by atoms with Gasteiger partial charge < -0.3 is 20.8 Å². The van der Waals surface area contributed by atoms with Crippen LogP contribution in [0.15, 0.2) is 0 Å². The van der Waals surface area contributed by atoms with E-state index in [1.807, 2.05) is 0 Å². The van der Waals surface area contributed by atoms with Crippen LogP contribution in [-0.4, -0.2) is 52.2 Å². The first-order valence-corrected chi connectivity index (χ1v) is 4.87. The van der Waals surface area contributed by atoms with Gasteiger partial charge in [0.05, 0.1) is 6.10 Å². The maximum atomic E-state index is 11.5. The molecule has 3 atom stereocenters. The van der Waals surface area contributed by atoms with Gasteiger partial charge in [0.2, 0.25) is 5.91 Å². The minimum Gasteiger partial charge on any atom is -0.480 e. The molecule has 0 aromatic rings. The number of hydrogen-bond acceptors (Lipinski definition) is 4. The zero-order valence-corrected chi connectivity index (χ0v) is 8.59. The fraction of sp³-hybridized carbons (Fsp3) is 0.778. The largest absolute Gasteiger partial charge is 0.480 e. The van der Waals surface area contributed by atoms with Crippen LogP contribution in [0.2, 0.25) is 0 Å². The number of carbonyl (C=O) groups is 2. The average molecular weight is 216 g/mol. The van der Waals surface area contributed by atoms with Gasteiger partial charge in [-0.1, -0.05) is 0 Å². The molecule has 0 radical (unpaired) electrons. The number of nitrogens with zero attached hydrogens (tertiary/aromatic N) is 1. The molecule has 0 spiro atoms. The number of aliphatic hydroxyl groups is 1. The van der Waals surface area contributed by atoms with E-state index >= 15 is 0 Å². The highest BCUT2D eigenvalue weighted by atomic mass is 16.4. The second-order valence-corrected chi connectivity index (χ2v) is 3.88. The van der Waals surface area contributed by atoms with E-state index in [-0.39, 0.29) is 18.2 Å². The number of likely N-dealkylation sites (tertiary alicyclic amines) is 1. The third kappa shape index (κ3) is 2.45. The summed E-state index contributed by atoms with van der Waals surface area (Å²) in [6.45, 7) is 2.04. The number of rotatable bonds is 4. The molecule has 1 aliphatic rings. The molecular formula is C9H16N2O4. The Bertz CT molecular complexity index is 267. The van der Waals surface area contributed by atoms with Gasteiger partial charge in [0, 0.05) is 13.0 Å². The lowest BCUT2D eigenvalue weighted by Gasteiger charge is -2.26. The number of carboxylic acid groups (broad SMARTS) is 1. The topological polar surface area (TPSA) is 104 Å². The molecule has 1 saturated heterocycles. The third-order valence-corrected chi connectivity index (χ3v) is 2.62. The van der Waals surface area contributed by atoms with Crippen molar-refractivity contribution in [3.8, 4) is 0 Å². The van der Waals surface area contributed by atoms with Crippen molar-refractivity contribution in [2.24, 2.45) is 11.7 Å². The standard InChI is InChI=1S/C9H16N2O4/c1-5(12)8(9(14)15)11-4-6(3-10)2-7(11)13/h5-6,8,12H,2-4,10H2,1H3,(H,14,15)/t5-,6?,8-/m1/s1. The Morgan fingerprint density at radius 1 is 1.73 bits per heavy atom. The molecule has 1 rings (SSSR count). The van der Waals surface area contributed by atoms with E-state index in [1.54, 1.807) is 0 Å². The number of amides is 1. The molecule has 0 saturated carbocycles. The molecule has 1 amide bonds. The number of carboxylic acids is 1. The third-order valence-electron chi connectivity index (χ3n) is 2.62. The van der Waals surface area contributed by atoms with Gasteiger partial charge in [0.1, 0.15) is 0 Å². The maximum Gasteiger partial charge on any atom is 0.329 e. The van der Waals surface area contributed by atoms with Crippen LogP contribution in [-0.2, 0) is 9.59 Å². The predicted octanol–water partition coefficient (Wildman–Crippen LogP) is -1.37. The Morgan fingerprint density at radius 3 is 2.67 bits per heavy atom. The molecule has 0 aromatic heterocycles. The summed E-state index contributed by atoms with van der Waals surface area (Å²) in [6.07, 6.45) is -0.810. The number of aliphatic carboxylic acids is 1. The quantitative estimate of drug-likeness (QED) is 0.537. The summed E-state index contributed by atoms with van der Waals surface area (Å²) >= 11 is 0. The SMILES string of the molecule is C[C@@H](O)[C@H](C(=O)O)N1CC(CN)CC1=O. The van der Waals surface area contributed by atoms with Crippen molar-refractivity contribution in [2.75, 3.05) is 13.1 Å². The summed E-state index contributed by atoms with van der Waals surface area (Å²) in [6, 6.07) is -1.16. The van der Waals surface area contributed by atoms with E-state index in [9.17, 15) is 14.7 Å². The van der Waals surface area contributed by atoms with Gasteiger partial charge in [-0.15, -0.1) is 0 Å². The minimum absolute atomic E-state index is 0.00176. The first kappa shape index (κ1) is 11.9. The molecule has 1 fully saturated rings. The number of carbonyl (C=O) groups excluding carboxylic acids is 1. The number of hydrogen-bond donors (Lipinski definition) is 3. The van der Waals surface area contributed by atoms with E-state index in [0.29, 0.717) is 13.1 Å². The van der Waals surface area contributed by atoms with Crippen molar-refractivity contribution < 1.29 is 19.8 Å². The van der Waals surface area contributed by atoms with Gasteiger partial charge in [-0.3, -0.25) is 4.79 Å². The maximum absolute atomic E-state index is 11.5. The van der Waals surface area contributed by atoms with Gasteiger partial charge in [0.25, 0.3) is 0 Å². The number of nitrogens with two attached hydrogens (primary N) is 1. The van der Waals surface area contributed by atoms with E-state index < -0.39 is 18.1 Å². The summed E-state index contributed by atoms with van der Waals surface area (Å²) < 4.78 is 0. The molecule has 86 valence electrons. The van der Waals surface area contributed by atoms with Crippen molar-refractivity contribution in [3.63, 3.8) is 0 Å². The zero-order chi connectivity index (χ0) is 11.6. The summed E-state index contributed by atoms with van der Waals surface area (Å²) in [5.74, 6) is -1.44. The molecule has 1 unspecified atom stereocenters. The Hall–Kier alpha value is -1.14. The van der Waals surface area contributed by atoms with E-state index in [1.165, 1.54) is 11.8 Å². The molecule has 1 heterocycles. The van der Waals surface area contributed by atoms with Crippen molar-refractivity contribution in [1.29, 1.82) is 0 Å². The van der Waals surface area contributed by atoms with Gasteiger partial charge in [0.15, 0.2) is 6.04 Å². The predicted molar refractivity (Wildman–Crippen MR) is 52.0 cm³/mol. The normalized spacial score (nSPS) is 25.4. The summed E-state index contributed by atoms with van der Waals surface area (Å²) in [5.41, 5.74) is 5.42. The van der Waals surface area contributed by atoms with Crippen molar-refractivity contribution >= 4 is 11.9 Å². The highest BCUT2D eigenvalue weighted by Gasteiger charge is 2.39. The molecule has 4 N–H and O–H groups in total. The average Bonchev–Trinajstić information content (AvgIpc) is 2.46. The lowest BCUT2D eigenvalue weighted by atomic mass is 10.1. The molecule has 6 nitrogen and oxygen atoms in total. The van der Waals surface area contributed by atoms with Crippen LogP contribution >= 0.6 is 0 Å². The van der Waals surface area contributed by atoms with Gasteiger partial charge in [-0.2, -0.15) is 0 Å². The summed E-state index contributed by atoms with van der Waals surface area (Å²) in [4.78, 5) is 23.6. The first-order valence-electron chi connectivity index (χ1n) is 4.87. The van der Waals surface area contributed by atoms with Crippen LogP contribution in [0.4, 0.5) is 0 Å². The summed E-state index contributed by atoms with van der Waals surface area (Å²) in [7, 11) is 0. The van der Waals surface area contributed by atoms with Crippen LogP contribution in [0.3, 0.4) is 0 Å². The molecule has 15 heavy (non-hydrogen) atoms. The van der Waals surface area contributed by atoms with Crippen LogP contribution in [0.1, 0.15) is 13.3 Å². The van der Waals surface area contributed by atoms with Crippen molar-refractivity contribution in [1.82, 2.24) is 4.90 Å². The fourth-order valence-electron chi connectivity index (χ4n) is 1.84. The lowest BCUT2D eigenvalue weighted by molar-refractivity contribution is -0.152. The minimum atomic E-state index is -1.18. The Balaban J connectivity index is 2.77. The highest BCUT2D eigenvalue weighted by Crippen LogP contribution is 2.20. The molecular weight excluding hydrogens is 200 g/mol. The number of aliphatic hydroxyl groups excluding tert-OH is 1. The van der Waals surface area contributed by atoms with Crippen LogP contribution < -0.4 is 5.73 Å². The van der Waals surface area contributed by atoms with Gasteiger partial charge in [-0.05, 0) is 19.4 Å². The van der Waals surface area contributed by atoms with E-state index in [4.69, 9.17) is 10.8 Å². The molecule has 1 aliphatic heterocycles. The lowest BCUT2D eigenvalue weighted by Crippen LogP contribution is -2.48. The second kappa shape index (κ2) is 4.59. The molecule has 0 aliphatic carbocycles. The van der Waals surface area contributed by atoms with Crippen molar-refractivity contribution in [2.45, 2.75) is 25.5 Å². The zero-order valence-electron chi connectivity index (χ0n) is 8.59. The Kier molecular flexibility index (Phi) is 3.65.